The van der Waals surface area contributed by atoms with Gasteiger partial charge < -0.3 is 0 Å². The second-order valence-corrected chi connectivity index (χ2v) is 15.6. The smallest absolute Gasteiger partial charge is 0.156 e. The molecule has 5 aromatic carbocycles. The fourth-order valence-corrected chi connectivity index (χ4v) is 6.56. The van der Waals surface area contributed by atoms with Crippen LogP contribution in [0.5, 0.6) is 0 Å². The molecular formula is C44H46N4O2. The summed E-state index contributed by atoms with van der Waals surface area (Å²) in [6.07, 6.45) is 0. The minimum Gasteiger partial charge on any atom is -0.286 e. The first-order chi connectivity index (χ1) is 23.6. The van der Waals surface area contributed by atoms with Gasteiger partial charge in [-0.2, -0.15) is 0 Å². The lowest BCUT2D eigenvalue weighted by Gasteiger charge is -2.36. The van der Waals surface area contributed by atoms with E-state index < -0.39 is 22.2 Å². The summed E-state index contributed by atoms with van der Waals surface area (Å²) in [7, 11) is 0. The Morgan fingerprint density at radius 1 is 0.360 bits per heavy atom. The Kier molecular flexibility index (Phi) is 7.89. The minimum atomic E-state index is -0.503. The van der Waals surface area contributed by atoms with Crippen LogP contribution in [0.25, 0.3) is 44.5 Å². The number of hydrogen-bond acceptors (Lipinski definition) is 6. The Morgan fingerprint density at radius 2 is 0.600 bits per heavy atom. The third kappa shape index (κ3) is 5.53. The van der Waals surface area contributed by atoms with E-state index in [4.69, 9.17) is 9.98 Å². The van der Waals surface area contributed by atoms with Gasteiger partial charge in [0, 0.05) is 11.1 Å². The fraction of sp³-hybridized carbons (Fsp3) is 0.273. The zero-order valence-corrected chi connectivity index (χ0v) is 30.2. The average Bonchev–Trinajstić information content (AvgIpc) is 3.39. The van der Waals surface area contributed by atoms with Crippen LogP contribution in [0.1, 0.15) is 66.5 Å². The molecule has 0 saturated heterocycles. The van der Waals surface area contributed by atoms with Gasteiger partial charge in [0.2, 0.25) is 0 Å². The monoisotopic (exact) mass is 662 g/mol. The molecule has 0 aromatic heterocycles. The van der Waals surface area contributed by atoms with Gasteiger partial charge in [-0.3, -0.25) is 20.4 Å². The van der Waals surface area contributed by atoms with Gasteiger partial charge in [0.1, 0.15) is 0 Å². The summed E-state index contributed by atoms with van der Waals surface area (Å²) in [5.74, 6) is 1.20. The Bertz CT molecular complexity index is 1970. The van der Waals surface area contributed by atoms with Gasteiger partial charge in [-0.05, 0) is 112 Å². The van der Waals surface area contributed by atoms with E-state index in [0.29, 0.717) is 11.7 Å². The van der Waals surface area contributed by atoms with Crippen molar-refractivity contribution in [2.24, 2.45) is 9.98 Å². The second-order valence-electron chi connectivity index (χ2n) is 15.6. The summed E-state index contributed by atoms with van der Waals surface area (Å²) in [6, 6.07) is 42.4. The van der Waals surface area contributed by atoms with Gasteiger partial charge in [-0.15, -0.1) is 0 Å². The van der Waals surface area contributed by atoms with Crippen molar-refractivity contribution in [3.05, 3.63) is 132 Å². The number of amidine groups is 2. The fourth-order valence-electron chi connectivity index (χ4n) is 6.56. The van der Waals surface area contributed by atoms with Crippen LogP contribution in [0.4, 0.5) is 0 Å². The highest BCUT2D eigenvalue weighted by Crippen LogP contribution is 2.40. The third-order valence-corrected chi connectivity index (χ3v) is 11.5. The molecule has 0 fully saturated rings. The molecule has 2 heterocycles. The quantitative estimate of drug-likeness (QED) is 0.190. The lowest BCUT2D eigenvalue weighted by molar-refractivity contribution is -0.0992. The molecule has 7 rings (SSSR count). The molecule has 2 N–H and O–H groups in total. The maximum absolute atomic E-state index is 10.9. The molecule has 0 saturated carbocycles. The van der Waals surface area contributed by atoms with E-state index in [9.17, 15) is 10.4 Å². The molecule has 0 atom stereocenters. The molecule has 6 heteroatoms. The van der Waals surface area contributed by atoms with Crippen molar-refractivity contribution in [3.8, 4) is 44.5 Å². The molecule has 2 aliphatic heterocycles. The minimum absolute atomic E-state index is 0.411. The predicted octanol–water partition coefficient (Wildman–Crippen LogP) is 10.4. The number of hydroxylamine groups is 4. The summed E-state index contributed by atoms with van der Waals surface area (Å²) in [5, 5.41) is 24.5. The molecule has 254 valence electrons. The maximum Gasteiger partial charge on any atom is 0.156 e. The van der Waals surface area contributed by atoms with E-state index in [-0.39, 0.29) is 0 Å². The van der Waals surface area contributed by atoms with Gasteiger partial charge in [-0.25, -0.2) is 10.1 Å². The van der Waals surface area contributed by atoms with Crippen LogP contribution in [-0.2, 0) is 0 Å². The van der Waals surface area contributed by atoms with Crippen molar-refractivity contribution in [2.75, 3.05) is 0 Å². The van der Waals surface area contributed by atoms with Gasteiger partial charge >= 0.3 is 0 Å². The number of hydrogen-bond donors (Lipinski definition) is 2. The molecule has 0 aliphatic carbocycles. The van der Waals surface area contributed by atoms with Crippen LogP contribution in [0, 0.1) is 0 Å². The highest BCUT2D eigenvalue weighted by Gasteiger charge is 2.50. The van der Waals surface area contributed by atoms with Crippen LogP contribution in [-0.4, -0.2) is 54.4 Å². The first-order valence-electron chi connectivity index (χ1n) is 17.3. The highest BCUT2D eigenvalue weighted by atomic mass is 16.5. The molecule has 0 bridgehead atoms. The van der Waals surface area contributed by atoms with Crippen molar-refractivity contribution in [1.29, 1.82) is 0 Å². The first kappa shape index (κ1) is 33.5. The van der Waals surface area contributed by atoms with E-state index in [0.717, 1.165) is 55.6 Å². The molecule has 0 unspecified atom stereocenters. The molecule has 0 amide bonds. The van der Waals surface area contributed by atoms with E-state index >= 15 is 0 Å². The van der Waals surface area contributed by atoms with Gasteiger partial charge in [-0.1, -0.05) is 109 Å². The normalized spacial score (nSPS) is 18.6. The first-order valence-corrected chi connectivity index (χ1v) is 17.3. The third-order valence-electron chi connectivity index (χ3n) is 11.5. The standard InChI is InChI=1S/C44H46N4O2/c1-41(2)43(5,6)47(49)39(45-41)37-13-9-11-35(27-37)33-23-19-31(20-24-33)29-15-17-30(18-16-29)32-21-25-34(26-22-32)36-12-10-14-38(28-36)40-46-42(3,4)44(7,8)48(40)50/h9-28,49-50H,1-8H3. The summed E-state index contributed by atoms with van der Waals surface area (Å²) in [5.41, 5.74) is 8.95. The maximum atomic E-state index is 10.9. The lowest BCUT2D eigenvalue weighted by atomic mass is 9.84. The topological polar surface area (TPSA) is 71.7 Å². The van der Waals surface area contributed by atoms with Crippen LogP contribution in [0.3, 0.4) is 0 Å². The van der Waals surface area contributed by atoms with Crippen LogP contribution in [0.15, 0.2) is 131 Å². The molecular weight excluding hydrogens is 617 g/mol. The Labute approximate surface area is 296 Å². The lowest BCUT2D eigenvalue weighted by Crippen LogP contribution is -2.51. The summed E-state index contributed by atoms with van der Waals surface area (Å²) >= 11 is 0. The molecule has 50 heavy (non-hydrogen) atoms. The zero-order chi connectivity index (χ0) is 35.6. The van der Waals surface area contributed by atoms with Crippen LogP contribution in [0.2, 0.25) is 0 Å². The van der Waals surface area contributed by atoms with Crippen molar-refractivity contribution in [3.63, 3.8) is 0 Å². The van der Waals surface area contributed by atoms with Crippen molar-refractivity contribution in [1.82, 2.24) is 10.1 Å². The van der Waals surface area contributed by atoms with Crippen LogP contribution >= 0.6 is 0 Å². The highest BCUT2D eigenvalue weighted by molar-refractivity contribution is 6.02. The number of nitrogens with zero attached hydrogens (tertiary/aromatic N) is 4. The zero-order valence-electron chi connectivity index (χ0n) is 30.2. The van der Waals surface area contributed by atoms with E-state index in [1.54, 1.807) is 0 Å². The second kappa shape index (κ2) is 11.8. The van der Waals surface area contributed by atoms with Crippen molar-refractivity contribution >= 4 is 11.7 Å². The van der Waals surface area contributed by atoms with E-state index in [2.05, 4.69) is 125 Å². The van der Waals surface area contributed by atoms with Gasteiger partial charge in [0.05, 0.1) is 22.2 Å². The Balaban J connectivity index is 1.06. The van der Waals surface area contributed by atoms with Crippen molar-refractivity contribution < 1.29 is 10.4 Å². The number of benzene rings is 5. The number of rotatable bonds is 6. The molecule has 6 nitrogen and oxygen atoms in total. The summed E-state index contributed by atoms with van der Waals surface area (Å²) in [4.78, 5) is 9.73. The molecule has 5 aromatic rings. The predicted molar refractivity (Wildman–Crippen MR) is 205 cm³/mol. The summed E-state index contributed by atoms with van der Waals surface area (Å²) < 4.78 is 0. The molecule has 2 aliphatic rings. The Hall–Kier alpha value is -5.04. The summed E-state index contributed by atoms with van der Waals surface area (Å²) in [6.45, 7) is 16.2. The Morgan fingerprint density at radius 3 is 0.840 bits per heavy atom. The molecule has 0 spiro atoms. The molecule has 0 radical (unpaired) electrons. The van der Waals surface area contributed by atoms with Gasteiger partial charge in [0.15, 0.2) is 11.7 Å². The largest absolute Gasteiger partial charge is 0.286 e. The van der Waals surface area contributed by atoms with Gasteiger partial charge in [0.25, 0.3) is 0 Å². The van der Waals surface area contributed by atoms with Crippen LogP contribution < -0.4 is 0 Å². The van der Waals surface area contributed by atoms with E-state index in [1.807, 2.05) is 52.0 Å². The van der Waals surface area contributed by atoms with Crippen molar-refractivity contribution in [2.45, 2.75) is 77.5 Å². The van der Waals surface area contributed by atoms with E-state index in [1.165, 1.54) is 10.1 Å². The average molecular weight is 663 g/mol. The SMILES string of the molecule is CC1(C)N=C(c2cccc(-c3ccc(-c4ccc(-c5ccc(-c6cccc(C7=NC(C)(C)C(C)(C)N7O)c6)cc5)cc4)cc3)c2)N(O)C1(C)C. The number of aliphatic imine (C=N–C) groups is 2.